The number of hydrogen-bond donors (Lipinski definition) is 2. The Hall–Kier alpha value is -3.60. The zero-order valence-electron chi connectivity index (χ0n) is 16.7. The van der Waals surface area contributed by atoms with E-state index < -0.39 is 0 Å². The zero-order valence-corrected chi connectivity index (χ0v) is 16.7. The Morgan fingerprint density at radius 1 is 0.690 bits per heavy atom. The maximum atomic E-state index is 12.4. The van der Waals surface area contributed by atoms with E-state index in [-0.39, 0.29) is 11.8 Å². The van der Waals surface area contributed by atoms with Crippen LogP contribution in [0.3, 0.4) is 0 Å². The lowest BCUT2D eigenvalue weighted by molar-refractivity contribution is 0.102. The summed E-state index contributed by atoms with van der Waals surface area (Å²) in [4.78, 5) is 24.8. The summed E-state index contributed by atoms with van der Waals surface area (Å²) in [7, 11) is 1.59. The van der Waals surface area contributed by atoms with Crippen LogP contribution < -0.4 is 15.4 Å². The number of hydrogen-bond acceptors (Lipinski definition) is 3. The zero-order chi connectivity index (χ0) is 20.8. The molecule has 0 fully saturated rings. The number of carbonyl (C=O) groups is 2. The molecule has 0 atom stereocenters. The van der Waals surface area contributed by atoms with E-state index in [0.29, 0.717) is 28.4 Å². The predicted octanol–water partition coefficient (Wildman–Crippen LogP) is 5.32. The van der Waals surface area contributed by atoms with Gasteiger partial charge >= 0.3 is 0 Å². The largest absolute Gasteiger partial charge is 0.497 e. The van der Waals surface area contributed by atoms with E-state index in [1.807, 2.05) is 24.3 Å². The molecule has 0 bridgehead atoms. The molecule has 0 aromatic heterocycles. The minimum atomic E-state index is -0.225. The minimum absolute atomic E-state index is 0.184. The monoisotopic (exact) mass is 388 g/mol. The van der Waals surface area contributed by atoms with Crippen molar-refractivity contribution in [1.82, 2.24) is 0 Å². The molecule has 3 aromatic rings. The molecule has 0 unspecified atom stereocenters. The van der Waals surface area contributed by atoms with E-state index >= 15 is 0 Å². The number of benzene rings is 3. The fourth-order valence-corrected chi connectivity index (χ4v) is 2.81. The van der Waals surface area contributed by atoms with E-state index in [9.17, 15) is 9.59 Å². The van der Waals surface area contributed by atoms with Gasteiger partial charge in [-0.3, -0.25) is 9.59 Å². The van der Waals surface area contributed by atoms with Crippen LogP contribution in [0, 0.1) is 0 Å². The molecule has 0 aliphatic heterocycles. The molecule has 5 nitrogen and oxygen atoms in total. The maximum Gasteiger partial charge on any atom is 0.255 e. The molecule has 5 heteroatoms. The number of anilines is 2. The van der Waals surface area contributed by atoms with E-state index in [0.717, 1.165) is 5.75 Å². The van der Waals surface area contributed by atoms with E-state index in [1.54, 1.807) is 55.6 Å². The van der Waals surface area contributed by atoms with Gasteiger partial charge in [0, 0.05) is 22.5 Å². The van der Waals surface area contributed by atoms with Crippen molar-refractivity contribution in [3.63, 3.8) is 0 Å². The second kappa shape index (κ2) is 9.06. The van der Waals surface area contributed by atoms with Crippen LogP contribution in [0.25, 0.3) is 0 Å². The molecule has 2 amide bonds. The third-order valence-electron chi connectivity index (χ3n) is 4.59. The molecule has 0 heterocycles. The molecule has 3 aromatic carbocycles. The predicted molar refractivity (Wildman–Crippen MR) is 116 cm³/mol. The van der Waals surface area contributed by atoms with Crippen molar-refractivity contribution < 1.29 is 14.3 Å². The molecule has 0 saturated carbocycles. The van der Waals surface area contributed by atoms with Gasteiger partial charge in [0.05, 0.1) is 7.11 Å². The van der Waals surface area contributed by atoms with Crippen LogP contribution in [-0.4, -0.2) is 18.9 Å². The summed E-state index contributed by atoms with van der Waals surface area (Å²) >= 11 is 0. The first kappa shape index (κ1) is 20.1. The maximum absolute atomic E-state index is 12.4. The van der Waals surface area contributed by atoms with Crippen molar-refractivity contribution in [2.45, 2.75) is 19.8 Å². The average molecular weight is 388 g/mol. The summed E-state index contributed by atoms with van der Waals surface area (Å²) in [6, 6.07) is 21.5. The van der Waals surface area contributed by atoms with Gasteiger partial charge in [-0.2, -0.15) is 0 Å². The molecular weight excluding hydrogens is 364 g/mol. The quantitative estimate of drug-likeness (QED) is 0.600. The first-order valence-electron chi connectivity index (χ1n) is 9.43. The van der Waals surface area contributed by atoms with Crippen molar-refractivity contribution in [1.29, 1.82) is 0 Å². The van der Waals surface area contributed by atoms with Crippen LogP contribution in [0.5, 0.6) is 5.75 Å². The molecule has 3 rings (SSSR count). The van der Waals surface area contributed by atoms with Gasteiger partial charge in [-0.25, -0.2) is 0 Å². The Balaban J connectivity index is 1.61. The van der Waals surface area contributed by atoms with Gasteiger partial charge in [-0.15, -0.1) is 0 Å². The number of ether oxygens (including phenoxy) is 1. The van der Waals surface area contributed by atoms with E-state index in [4.69, 9.17) is 4.74 Å². The summed E-state index contributed by atoms with van der Waals surface area (Å²) in [5.74, 6) is 0.735. The Bertz CT molecular complexity index is 976. The van der Waals surface area contributed by atoms with Crippen LogP contribution in [0.4, 0.5) is 11.4 Å². The van der Waals surface area contributed by atoms with Crippen LogP contribution in [-0.2, 0) is 0 Å². The lowest BCUT2D eigenvalue weighted by atomic mass is 10.0. The highest BCUT2D eigenvalue weighted by molar-refractivity contribution is 6.06. The van der Waals surface area contributed by atoms with E-state index in [2.05, 4.69) is 24.5 Å². The van der Waals surface area contributed by atoms with Gasteiger partial charge in [0.15, 0.2) is 0 Å². The Morgan fingerprint density at radius 2 is 1.10 bits per heavy atom. The fraction of sp³-hybridized carbons (Fsp3) is 0.167. The molecule has 0 saturated heterocycles. The first-order valence-corrected chi connectivity index (χ1v) is 9.43. The van der Waals surface area contributed by atoms with Gasteiger partial charge in [-0.05, 0) is 72.1 Å². The molecule has 0 aliphatic carbocycles. The summed E-state index contributed by atoms with van der Waals surface area (Å²) in [6.07, 6.45) is 0. The van der Waals surface area contributed by atoms with Crippen molar-refractivity contribution in [2.24, 2.45) is 0 Å². The lowest BCUT2D eigenvalue weighted by Crippen LogP contribution is -2.13. The van der Waals surface area contributed by atoms with Gasteiger partial charge in [0.2, 0.25) is 0 Å². The lowest BCUT2D eigenvalue weighted by Gasteiger charge is -2.09. The highest BCUT2D eigenvalue weighted by Gasteiger charge is 2.09. The highest BCUT2D eigenvalue weighted by Crippen LogP contribution is 2.18. The second-order valence-corrected chi connectivity index (χ2v) is 6.99. The van der Waals surface area contributed by atoms with Crippen LogP contribution in [0.1, 0.15) is 46.0 Å². The van der Waals surface area contributed by atoms with Gasteiger partial charge in [0.1, 0.15) is 5.75 Å². The van der Waals surface area contributed by atoms with Crippen molar-refractivity contribution >= 4 is 23.2 Å². The van der Waals surface area contributed by atoms with Crippen LogP contribution >= 0.6 is 0 Å². The second-order valence-electron chi connectivity index (χ2n) is 6.99. The van der Waals surface area contributed by atoms with Gasteiger partial charge in [0.25, 0.3) is 11.8 Å². The topological polar surface area (TPSA) is 67.4 Å². The normalized spacial score (nSPS) is 10.5. The fourth-order valence-electron chi connectivity index (χ4n) is 2.81. The molecule has 29 heavy (non-hydrogen) atoms. The molecule has 0 aliphatic rings. The first-order chi connectivity index (χ1) is 14.0. The summed E-state index contributed by atoms with van der Waals surface area (Å²) in [5, 5.41) is 5.68. The average Bonchev–Trinajstić information content (AvgIpc) is 2.74. The van der Waals surface area contributed by atoms with Crippen LogP contribution in [0.15, 0.2) is 72.8 Å². The number of nitrogens with one attached hydrogen (secondary N) is 2. The van der Waals surface area contributed by atoms with Crippen molar-refractivity contribution in [3.8, 4) is 5.75 Å². The highest BCUT2D eigenvalue weighted by atomic mass is 16.5. The summed E-state index contributed by atoms with van der Waals surface area (Å²) in [5.41, 5.74) is 3.59. The van der Waals surface area contributed by atoms with Crippen molar-refractivity contribution in [3.05, 3.63) is 89.5 Å². The molecule has 0 radical (unpaired) electrons. The number of rotatable bonds is 6. The molecule has 0 spiro atoms. The van der Waals surface area contributed by atoms with Crippen LogP contribution in [0.2, 0.25) is 0 Å². The van der Waals surface area contributed by atoms with Crippen molar-refractivity contribution in [2.75, 3.05) is 17.7 Å². The number of amides is 2. The standard InChI is InChI=1S/C24H24N2O3/c1-16(2)17-4-6-18(7-5-17)23(27)25-20-10-8-19(9-11-20)24(28)26-21-12-14-22(29-3)15-13-21/h4-16H,1-3H3,(H,25,27)(H,26,28). The molecular formula is C24H24N2O3. The SMILES string of the molecule is COc1ccc(NC(=O)c2ccc(NC(=O)c3ccc(C(C)C)cc3)cc2)cc1. The smallest absolute Gasteiger partial charge is 0.255 e. The number of methoxy groups -OCH3 is 1. The van der Waals surface area contributed by atoms with Gasteiger partial charge < -0.3 is 15.4 Å². The molecule has 148 valence electrons. The molecule has 2 N–H and O–H groups in total. The van der Waals surface area contributed by atoms with E-state index in [1.165, 1.54) is 5.56 Å². The summed E-state index contributed by atoms with van der Waals surface area (Å²) in [6.45, 7) is 4.23. The number of carbonyl (C=O) groups excluding carboxylic acids is 2. The minimum Gasteiger partial charge on any atom is -0.497 e. The van der Waals surface area contributed by atoms with Gasteiger partial charge in [-0.1, -0.05) is 26.0 Å². The third-order valence-corrected chi connectivity index (χ3v) is 4.59. The Kier molecular flexibility index (Phi) is 6.29. The Labute approximate surface area is 170 Å². The summed E-state index contributed by atoms with van der Waals surface area (Å²) < 4.78 is 5.10. The third kappa shape index (κ3) is 5.23. The Morgan fingerprint density at radius 3 is 1.52 bits per heavy atom.